The summed E-state index contributed by atoms with van der Waals surface area (Å²) in [6, 6.07) is 12.6. The molecule has 6 heteroatoms. The topological polar surface area (TPSA) is 54.8 Å². The second kappa shape index (κ2) is 11.0. The molecule has 0 aliphatic heterocycles. The molecule has 1 aliphatic carbocycles. The summed E-state index contributed by atoms with van der Waals surface area (Å²) in [5.74, 6) is 0.113. The zero-order valence-electron chi connectivity index (χ0n) is 20.8. The monoisotopic (exact) mass is 453 g/mol. The third-order valence-corrected chi connectivity index (χ3v) is 6.45. The Bertz CT molecular complexity index is 940. The Kier molecular flexibility index (Phi) is 8.35. The smallest absolute Gasteiger partial charge is 0.242 e. The predicted molar refractivity (Wildman–Crippen MR) is 131 cm³/mol. The van der Waals surface area contributed by atoms with Gasteiger partial charge in [0.25, 0.3) is 0 Å². The molecule has 180 valence electrons. The molecule has 6 nitrogen and oxygen atoms in total. The number of nitrogens with zero attached hydrogens (tertiary/aromatic N) is 3. The van der Waals surface area contributed by atoms with Crippen molar-refractivity contribution in [3.05, 3.63) is 59.4 Å². The maximum Gasteiger partial charge on any atom is 0.242 e. The number of hydrogen-bond acceptors (Lipinski definition) is 3. The molecule has 2 aromatic rings. The summed E-state index contributed by atoms with van der Waals surface area (Å²) in [7, 11) is 1.62. The van der Waals surface area contributed by atoms with E-state index in [-0.39, 0.29) is 29.8 Å². The van der Waals surface area contributed by atoms with Gasteiger partial charge in [0.2, 0.25) is 11.8 Å². The van der Waals surface area contributed by atoms with Crippen LogP contribution in [0.15, 0.2) is 42.6 Å². The highest BCUT2D eigenvalue weighted by molar-refractivity contribution is 5.86. The Morgan fingerprint density at radius 1 is 1.15 bits per heavy atom. The van der Waals surface area contributed by atoms with Crippen LogP contribution < -0.4 is 0 Å². The maximum absolute atomic E-state index is 13.5. The van der Waals surface area contributed by atoms with E-state index in [0.717, 1.165) is 31.5 Å². The standard InChI is InChI=1S/C27H39N3O3/c1-21-9-6-10-22(17-21)18-28-14-8-13-24(28)19-30(27(2,3)4)25(31)20-29(15-16-33-5)26(32)23-11-7-12-23/h6,8-10,13-14,17,23H,7,11-12,15-16,18-20H2,1-5H3. The molecule has 0 atom stereocenters. The average Bonchev–Trinajstić information content (AvgIpc) is 3.13. The molecule has 1 saturated carbocycles. The molecule has 2 amide bonds. The average molecular weight is 454 g/mol. The molecule has 33 heavy (non-hydrogen) atoms. The van der Waals surface area contributed by atoms with Crippen LogP contribution >= 0.6 is 0 Å². The van der Waals surface area contributed by atoms with Gasteiger partial charge in [-0.3, -0.25) is 9.59 Å². The van der Waals surface area contributed by atoms with Crippen molar-refractivity contribution in [3.63, 3.8) is 0 Å². The molecular formula is C27H39N3O3. The Labute approximate surface area is 198 Å². The highest BCUT2D eigenvalue weighted by Crippen LogP contribution is 2.28. The van der Waals surface area contributed by atoms with Crippen molar-refractivity contribution in [2.75, 3.05) is 26.8 Å². The number of methoxy groups -OCH3 is 1. The lowest BCUT2D eigenvalue weighted by atomic mass is 9.84. The van der Waals surface area contributed by atoms with Gasteiger partial charge in [0.15, 0.2) is 0 Å². The van der Waals surface area contributed by atoms with E-state index in [1.807, 2.05) is 31.7 Å². The molecule has 0 radical (unpaired) electrons. The quantitative estimate of drug-likeness (QED) is 0.541. The number of benzene rings is 1. The largest absolute Gasteiger partial charge is 0.383 e. The third-order valence-electron chi connectivity index (χ3n) is 6.45. The highest BCUT2D eigenvalue weighted by Gasteiger charge is 2.33. The van der Waals surface area contributed by atoms with Crippen LogP contribution in [0.25, 0.3) is 0 Å². The molecule has 1 heterocycles. The van der Waals surface area contributed by atoms with Gasteiger partial charge in [0.05, 0.1) is 19.7 Å². The molecule has 3 rings (SSSR count). The summed E-state index contributed by atoms with van der Waals surface area (Å²) < 4.78 is 7.40. The number of carbonyl (C=O) groups is 2. The minimum absolute atomic E-state index is 0.0328. The van der Waals surface area contributed by atoms with Gasteiger partial charge < -0.3 is 19.1 Å². The number of hydrogen-bond donors (Lipinski definition) is 0. The predicted octanol–water partition coefficient (Wildman–Crippen LogP) is 4.25. The zero-order chi connectivity index (χ0) is 24.0. The molecule has 1 aromatic heterocycles. The highest BCUT2D eigenvalue weighted by atomic mass is 16.5. The lowest BCUT2D eigenvalue weighted by Gasteiger charge is -2.38. The van der Waals surface area contributed by atoms with E-state index in [9.17, 15) is 9.59 Å². The van der Waals surface area contributed by atoms with Crippen LogP contribution in [0.4, 0.5) is 0 Å². The summed E-state index contributed by atoms with van der Waals surface area (Å²) >= 11 is 0. The van der Waals surface area contributed by atoms with Crippen molar-refractivity contribution < 1.29 is 14.3 Å². The Balaban J connectivity index is 1.75. The second-order valence-corrected chi connectivity index (χ2v) is 10.1. The second-order valence-electron chi connectivity index (χ2n) is 10.1. The van der Waals surface area contributed by atoms with Gasteiger partial charge in [-0.25, -0.2) is 0 Å². The number of aromatic nitrogens is 1. The fraction of sp³-hybridized carbons (Fsp3) is 0.556. The van der Waals surface area contributed by atoms with Gasteiger partial charge in [0.1, 0.15) is 0 Å². The van der Waals surface area contributed by atoms with E-state index < -0.39 is 0 Å². The third kappa shape index (κ3) is 6.70. The van der Waals surface area contributed by atoms with E-state index in [1.54, 1.807) is 12.0 Å². The van der Waals surface area contributed by atoms with E-state index in [0.29, 0.717) is 19.7 Å². The first kappa shape index (κ1) is 25.0. The summed E-state index contributed by atoms with van der Waals surface area (Å²) in [6.07, 6.45) is 5.00. The number of carbonyl (C=O) groups excluding carboxylic acids is 2. The first-order valence-electron chi connectivity index (χ1n) is 12.0. The van der Waals surface area contributed by atoms with E-state index in [1.165, 1.54) is 11.1 Å². The van der Waals surface area contributed by atoms with E-state index in [2.05, 4.69) is 48.0 Å². The molecule has 1 aliphatic rings. The lowest BCUT2D eigenvalue weighted by molar-refractivity contribution is -0.147. The summed E-state index contributed by atoms with van der Waals surface area (Å²) in [5, 5.41) is 0. The molecule has 0 spiro atoms. The van der Waals surface area contributed by atoms with Gasteiger partial charge in [0, 0.05) is 43.5 Å². The summed E-state index contributed by atoms with van der Waals surface area (Å²) in [5.41, 5.74) is 3.17. The van der Waals surface area contributed by atoms with Crippen molar-refractivity contribution in [1.82, 2.24) is 14.4 Å². The van der Waals surface area contributed by atoms with Gasteiger partial charge >= 0.3 is 0 Å². The lowest BCUT2D eigenvalue weighted by Crippen LogP contribution is -2.52. The maximum atomic E-state index is 13.5. The number of ether oxygens (including phenoxy) is 1. The zero-order valence-corrected chi connectivity index (χ0v) is 20.8. The van der Waals surface area contributed by atoms with Crippen molar-refractivity contribution in [2.24, 2.45) is 5.92 Å². The van der Waals surface area contributed by atoms with Gasteiger partial charge in [-0.2, -0.15) is 0 Å². The van der Waals surface area contributed by atoms with Crippen molar-refractivity contribution in [1.29, 1.82) is 0 Å². The van der Waals surface area contributed by atoms with E-state index >= 15 is 0 Å². The molecule has 0 N–H and O–H groups in total. The van der Waals surface area contributed by atoms with Crippen LogP contribution in [0.3, 0.4) is 0 Å². The fourth-order valence-electron chi connectivity index (χ4n) is 4.25. The molecule has 1 aromatic carbocycles. The summed E-state index contributed by atoms with van der Waals surface area (Å²) in [4.78, 5) is 30.0. The first-order chi connectivity index (χ1) is 15.7. The van der Waals surface area contributed by atoms with Gasteiger partial charge in [-0.05, 0) is 58.2 Å². The molecule has 0 bridgehead atoms. The number of rotatable bonds is 10. The fourth-order valence-corrected chi connectivity index (χ4v) is 4.25. The minimum Gasteiger partial charge on any atom is -0.383 e. The summed E-state index contributed by atoms with van der Waals surface area (Å²) in [6.45, 7) is 10.5. The van der Waals surface area contributed by atoms with Gasteiger partial charge in [-0.15, -0.1) is 0 Å². The number of amides is 2. The van der Waals surface area contributed by atoms with E-state index in [4.69, 9.17) is 4.74 Å². The van der Waals surface area contributed by atoms with Crippen LogP contribution in [0.2, 0.25) is 0 Å². The molecular weight excluding hydrogens is 414 g/mol. The van der Waals surface area contributed by atoms with Crippen LogP contribution in [-0.2, 0) is 27.4 Å². The van der Waals surface area contributed by atoms with Crippen LogP contribution in [-0.4, -0.2) is 58.5 Å². The van der Waals surface area contributed by atoms with Crippen molar-refractivity contribution in [3.8, 4) is 0 Å². The Hall–Kier alpha value is -2.60. The molecule has 0 saturated heterocycles. The normalized spacial score (nSPS) is 14.1. The Morgan fingerprint density at radius 2 is 1.91 bits per heavy atom. The van der Waals surface area contributed by atoms with Crippen molar-refractivity contribution in [2.45, 2.75) is 65.6 Å². The first-order valence-corrected chi connectivity index (χ1v) is 12.0. The number of aryl methyl sites for hydroxylation is 1. The Morgan fingerprint density at radius 3 is 2.52 bits per heavy atom. The van der Waals surface area contributed by atoms with Crippen LogP contribution in [0, 0.1) is 12.8 Å². The van der Waals surface area contributed by atoms with Crippen LogP contribution in [0.5, 0.6) is 0 Å². The SMILES string of the molecule is COCCN(CC(=O)N(Cc1cccn1Cc1cccc(C)c1)C(C)(C)C)C(=O)C1CCC1. The van der Waals surface area contributed by atoms with Crippen molar-refractivity contribution >= 4 is 11.8 Å². The molecule has 0 unspecified atom stereocenters. The van der Waals surface area contributed by atoms with Gasteiger partial charge in [-0.1, -0.05) is 36.2 Å². The van der Waals surface area contributed by atoms with Crippen LogP contribution in [0.1, 0.15) is 56.9 Å². The minimum atomic E-state index is -0.373. The molecule has 1 fully saturated rings.